The lowest BCUT2D eigenvalue weighted by molar-refractivity contribution is 0.345. The molecule has 2 heterocycles. The van der Waals surface area contributed by atoms with E-state index in [1.54, 1.807) is 23.5 Å². The predicted octanol–water partition coefficient (Wildman–Crippen LogP) is 10.1. The summed E-state index contributed by atoms with van der Waals surface area (Å²) in [4.78, 5) is 1.06. The molecule has 0 amide bonds. The summed E-state index contributed by atoms with van der Waals surface area (Å²) in [6.45, 7) is 16.5. The molecule has 5 heteroatoms. The topological polar surface area (TPSA) is 17.8 Å². The molecule has 3 rings (SSSR count). The Morgan fingerprint density at radius 3 is 1.91 bits per heavy atom. The molecule has 0 fully saturated rings. The van der Waals surface area contributed by atoms with Gasteiger partial charge in [0.1, 0.15) is 5.69 Å². The second kappa shape index (κ2) is 22.7. The second-order valence-corrected chi connectivity index (χ2v) is 7.45. The Balaban J connectivity index is 0. The molecule has 184 valence electrons. The van der Waals surface area contributed by atoms with Crippen LogP contribution in [0, 0.1) is 6.92 Å². The number of unbranched alkanes of at least 4 members (excludes halogenated alkanes) is 3. The van der Waals surface area contributed by atoms with Gasteiger partial charge in [0.05, 0.1) is 12.1 Å². The number of benzene rings is 1. The van der Waals surface area contributed by atoms with Gasteiger partial charge in [0.25, 0.3) is 0 Å². The van der Waals surface area contributed by atoms with Crippen molar-refractivity contribution in [3.8, 4) is 21.7 Å². The number of aryl methyl sites for hydroxylation is 1. The van der Waals surface area contributed by atoms with E-state index in [1.807, 2.05) is 45.0 Å². The lowest BCUT2D eigenvalue weighted by Gasteiger charge is -1.95. The van der Waals surface area contributed by atoms with Gasteiger partial charge in [0, 0.05) is 5.69 Å². The normalized spacial score (nSPS) is 8.85. The fraction of sp³-hybridized carbons (Fsp3) is 0.393. The third-order valence-corrected chi connectivity index (χ3v) is 5.13. The van der Waals surface area contributed by atoms with Gasteiger partial charge in [-0.25, -0.2) is 9.07 Å². The van der Waals surface area contributed by atoms with Gasteiger partial charge in [-0.2, -0.15) is 5.10 Å². The SMILES string of the molecule is C=CC=C.CC.CCCCCC.CF.Cc1cc(-c2cc(-c3ccccc3)cs2)nn1CF. The maximum atomic E-state index is 12.7. The molecular formula is C28H42F2N2S. The number of nitrogens with zero attached hydrogens (tertiary/aromatic N) is 2. The van der Waals surface area contributed by atoms with E-state index in [0.29, 0.717) is 7.18 Å². The van der Waals surface area contributed by atoms with Crippen molar-refractivity contribution in [2.45, 2.75) is 67.1 Å². The summed E-state index contributed by atoms with van der Waals surface area (Å²) in [5.41, 5.74) is 4.04. The van der Waals surface area contributed by atoms with Crippen LogP contribution in [0.4, 0.5) is 8.78 Å². The van der Waals surface area contributed by atoms with Crippen molar-refractivity contribution >= 4 is 11.3 Å². The molecule has 0 atom stereocenters. The lowest BCUT2D eigenvalue weighted by atomic mass is 10.1. The molecule has 0 aliphatic rings. The number of halogens is 2. The number of aromatic nitrogens is 2. The van der Waals surface area contributed by atoms with E-state index in [9.17, 15) is 8.78 Å². The van der Waals surface area contributed by atoms with Crippen LogP contribution in [0.1, 0.15) is 59.1 Å². The number of hydrogen-bond acceptors (Lipinski definition) is 2. The molecule has 0 unspecified atom stereocenters. The van der Waals surface area contributed by atoms with Crippen molar-refractivity contribution in [1.29, 1.82) is 0 Å². The Morgan fingerprint density at radius 1 is 0.939 bits per heavy atom. The van der Waals surface area contributed by atoms with Crippen LogP contribution in [-0.2, 0) is 6.80 Å². The van der Waals surface area contributed by atoms with Gasteiger partial charge in [-0.15, -0.1) is 11.3 Å². The van der Waals surface area contributed by atoms with Gasteiger partial charge in [-0.1, -0.05) is 109 Å². The highest BCUT2D eigenvalue weighted by molar-refractivity contribution is 7.14. The van der Waals surface area contributed by atoms with Crippen LogP contribution >= 0.6 is 11.3 Å². The van der Waals surface area contributed by atoms with E-state index in [2.05, 4.69) is 55.7 Å². The molecule has 3 aromatic rings. The summed E-state index contributed by atoms with van der Waals surface area (Å²) in [5.74, 6) is 0. The number of alkyl halides is 2. The predicted molar refractivity (Wildman–Crippen MR) is 145 cm³/mol. The minimum Gasteiger partial charge on any atom is -0.255 e. The number of allylic oxidation sites excluding steroid dienone is 2. The van der Waals surface area contributed by atoms with E-state index >= 15 is 0 Å². The van der Waals surface area contributed by atoms with E-state index in [0.717, 1.165) is 16.3 Å². The van der Waals surface area contributed by atoms with Crippen molar-refractivity contribution in [3.63, 3.8) is 0 Å². The van der Waals surface area contributed by atoms with E-state index in [-0.39, 0.29) is 0 Å². The maximum Gasteiger partial charge on any atom is 0.181 e. The fourth-order valence-electron chi connectivity index (χ4n) is 2.50. The van der Waals surface area contributed by atoms with Gasteiger partial charge < -0.3 is 0 Å². The number of rotatable bonds is 7. The van der Waals surface area contributed by atoms with Crippen LogP contribution in [0.5, 0.6) is 0 Å². The van der Waals surface area contributed by atoms with Crippen LogP contribution in [0.3, 0.4) is 0 Å². The Hall–Kier alpha value is -2.53. The zero-order valence-electron chi connectivity index (χ0n) is 21.3. The summed E-state index contributed by atoms with van der Waals surface area (Å²) >= 11 is 1.63. The standard InChI is InChI=1S/C15H13FN2S.C6H14.C4H6.C2H6.CH3F/c1-11-7-14(17-18(11)10-16)15-8-13(9-19-15)12-5-3-2-4-6-12;1-3-5-6-4-2;1-3-4-2;2*1-2/h2-9H,10H2,1H3;3-6H2,1-2H3;3-4H,1-2H2;1-2H3;1H3. The van der Waals surface area contributed by atoms with Gasteiger partial charge in [0.15, 0.2) is 6.80 Å². The first-order valence-corrected chi connectivity index (χ1v) is 12.3. The smallest absolute Gasteiger partial charge is 0.181 e. The Morgan fingerprint density at radius 2 is 1.48 bits per heavy atom. The molecule has 33 heavy (non-hydrogen) atoms. The van der Waals surface area contributed by atoms with Crippen LogP contribution < -0.4 is 0 Å². The molecule has 0 saturated carbocycles. The van der Waals surface area contributed by atoms with Crippen LogP contribution in [-0.4, -0.2) is 17.0 Å². The first-order valence-electron chi connectivity index (χ1n) is 11.5. The highest BCUT2D eigenvalue weighted by Gasteiger charge is 2.09. The first kappa shape index (κ1) is 32.6. The van der Waals surface area contributed by atoms with Crippen molar-refractivity contribution in [3.05, 3.63) is 78.8 Å². The fourth-order valence-corrected chi connectivity index (χ4v) is 3.38. The lowest BCUT2D eigenvalue weighted by Crippen LogP contribution is -1.96. The quantitative estimate of drug-likeness (QED) is 0.245. The third kappa shape index (κ3) is 13.6. The summed E-state index contributed by atoms with van der Waals surface area (Å²) < 4.78 is 23.6. The summed E-state index contributed by atoms with van der Waals surface area (Å²) in [5, 5.41) is 6.36. The molecule has 0 spiro atoms. The highest BCUT2D eigenvalue weighted by Crippen LogP contribution is 2.32. The van der Waals surface area contributed by atoms with Crippen LogP contribution in [0.15, 0.2) is 73.2 Å². The van der Waals surface area contributed by atoms with Crippen molar-refractivity contribution in [2.24, 2.45) is 0 Å². The molecule has 0 bridgehead atoms. The first-order chi connectivity index (χ1) is 16.1. The second-order valence-electron chi connectivity index (χ2n) is 6.53. The van der Waals surface area contributed by atoms with Gasteiger partial charge in [-0.3, -0.25) is 4.39 Å². The summed E-state index contributed by atoms with van der Waals surface area (Å²) in [7, 11) is 0.500. The zero-order chi connectivity index (χ0) is 25.5. The molecule has 0 saturated heterocycles. The third-order valence-electron chi connectivity index (χ3n) is 4.18. The van der Waals surface area contributed by atoms with Crippen molar-refractivity contribution in [2.75, 3.05) is 7.18 Å². The Kier molecular flexibility index (Phi) is 22.4. The monoisotopic (exact) mass is 476 g/mol. The highest BCUT2D eigenvalue weighted by atomic mass is 32.1. The number of thiophene rings is 1. The largest absolute Gasteiger partial charge is 0.255 e. The molecular weight excluding hydrogens is 434 g/mol. The van der Waals surface area contributed by atoms with E-state index < -0.39 is 6.80 Å². The van der Waals surface area contributed by atoms with Crippen molar-refractivity contribution in [1.82, 2.24) is 9.78 Å². The Bertz CT molecular complexity index is 829. The van der Waals surface area contributed by atoms with Gasteiger partial charge in [0.2, 0.25) is 0 Å². The Labute approximate surface area is 204 Å². The molecule has 1 aromatic carbocycles. The molecule has 0 radical (unpaired) electrons. The van der Waals surface area contributed by atoms with E-state index in [1.165, 1.54) is 41.5 Å². The molecule has 2 nitrogen and oxygen atoms in total. The maximum absolute atomic E-state index is 12.7. The van der Waals surface area contributed by atoms with E-state index in [4.69, 9.17) is 0 Å². The average Bonchev–Trinajstić information content (AvgIpc) is 3.53. The average molecular weight is 477 g/mol. The van der Waals surface area contributed by atoms with Crippen LogP contribution in [0.2, 0.25) is 0 Å². The molecule has 2 aromatic heterocycles. The number of hydrogen-bond donors (Lipinski definition) is 0. The molecule has 0 aliphatic carbocycles. The minimum atomic E-state index is -0.581. The minimum absolute atomic E-state index is 0.500. The molecule has 0 aliphatic heterocycles. The van der Waals surface area contributed by atoms with Gasteiger partial charge >= 0.3 is 0 Å². The van der Waals surface area contributed by atoms with Gasteiger partial charge in [-0.05, 0) is 35.6 Å². The summed E-state index contributed by atoms with van der Waals surface area (Å²) in [6.07, 6.45) is 8.81. The molecule has 0 N–H and O–H groups in total. The zero-order valence-corrected chi connectivity index (χ0v) is 22.1. The summed E-state index contributed by atoms with van der Waals surface area (Å²) in [6, 6.07) is 14.2. The van der Waals surface area contributed by atoms with Crippen molar-refractivity contribution < 1.29 is 8.78 Å². The van der Waals surface area contributed by atoms with Crippen LogP contribution in [0.25, 0.3) is 21.7 Å².